The quantitative estimate of drug-likeness (QED) is 0.579. The molecule has 4 rings (SSSR count). The Labute approximate surface area is 144 Å². The molecule has 0 atom stereocenters. The molecule has 2 aromatic heterocycles. The lowest BCUT2D eigenvalue weighted by atomic mass is 10.2. The largest absolute Gasteiger partial charge is 0.484 e. The molecule has 0 spiro atoms. The zero-order chi connectivity index (χ0) is 16.9. The van der Waals surface area contributed by atoms with Crippen LogP contribution in [0.25, 0.3) is 10.9 Å². The van der Waals surface area contributed by atoms with Crippen LogP contribution in [0.3, 0.4) is 0 Å². The number of nitrogens with one attached hydrogen (secondary N) is 1. The van der Waals surface area contributed by atoms with Crippen LogP contribution in [0.2, 0.25) is 0 Å². The highest BCUT2D eigenvalue weighted by molar-refractivity contribution is 5.90. The van der Waals surface area contributed by atoms with E-state index in [1.165, 1.54) is 0 Å². The highest BCUT2D eigenvalue weighted by Crippen LogP contribution is 2.21. The number of ether oxygens (including phenoxy) is 1. The van der Waals surface area contributed by atoms with Crippen molar-refractivity contribution in [1.29, 1.82) is 0 Å². The fourth-order valence-corrected chi connectivity index (χ4v) is 2.50. The van der Waals surface area contributed by atoms with Gasteiger partial charge in [0.25, 0.3) is 5.89 Å². The van der Waals surface area contributed by atoms with Crippen LogP contribution in [0.1, 0.15) is 11.8 Å². The van der Waals surface area contributed by atoms with Gasteiger partial charge in [-0.3, -0.25) is 4.98 Å². The Hall–Kier alpha value is -3.41. The second-order valence-electron chi connectivity index (χ2n) is 5.43. The summed E-state index contributed by atoms with van der Waals surface area (Å²) in [4.78, 5) is 4.41. The van der Waals surface area contributed by atoms with Crippen molar-refractivity contribution in [3.8, 4) is 5.75 Å². The lowest BCUT2D eigenvalue weighted by Crippen LogP contribution is -2.00. The Balaban J connectivity index is 1.39. The first-order chi connectivity index (χ1) is 12.4. The van der Waals surface area contributed by atoms with Gasteiger partial charge in [-0.1, -0.05) is 36.4 Å². The Morgan fingerprint density at radius 3 is 2.64 bits per heavy atom. The molecule has 6 heteroatoms. The van der Waals surface area contributed by atoms with Crippen molar-refractivity contribution in [3.05, 3.63) is 78.6 Å². The minimum absolute atomic E-state index is 0.243. The molecular formula is C19H16N4O2. The first-order valence-corrected chi connectivity index (χ1v) is 7.95. The number of benzene rings is 2. The molecule has 6 nitrogen and oxygen atoms in total. The van der Waals surface area contributed by atoms with Gasteiger partial charge in [0.2, 0.25) is 5.89 Å². The van der Waals surface area contributed by atoms with Crippen molar-refractivity contribution >= 4 is 16.6 Å². The number of nitrogens with zero attached hydrogens (tertiary/aromatic N) is 3. The van der Waals surface area contributed by atoms with Crippen molar-refractivity contribution in [2.75, 3.05) is 5.32 Å². The highest BCUT2D eigenvalue weighted by atomic mass is 16.5. The van der Waals surface area contributed by atoms with E-state index in [1.54, 1.807) is 6.20 Å². The molecule has 0 aliphatic rings. The van der Waals surface area contributed by atoms with Gasteiger partial charge >= 0.3 is 0 Å². The van der Waals surface area contributed by atoms with E-state index in [1.807, 2.05) is 60.7 Å². The van der Waals surface area contributed by atoms with Crippen molar-refractivity contribution in [2.45, 2.75) is 13.2 Å². The van der Waals surface area contributed by atoms with Gasteiger partial charge in [0.15, 0.2) is 6.61 Å². The van der Waals surface area contributed by atoms with Crippen LogP contribution in [-0.4, -0.2) is 15.2 Å². The molecule has 4 aromatic rings. The van der Waals surface area contributed by atoms with Crippen LogP contribution in [0, 0.1) is 0 Å². The number of para-hydroxylation sites is 2. The van der Waals surface area contributed by atoms with Gasteiger partial charge in [-0.05, 0) is 24.3 Å². The standard InChI is InChI=1S/C19H16N4O2/c1-2-8-15(9-3-1)24-13-18-23-22-17(25-18)12-21-16-10-4-6-14-7-5-11-20-19(14)16/h1-11,21H,12-13H2. The first-order valence-electron chi connectivity index (χ1n) is 7.95. The highest BCUT2D eigenvalue weighted by Gasteiger charge is 2.08. The molecule has 2 heterocycles. The molecule has 0 saturated carbocycles. The maximum absolute atomic E-state index is 5.61. The fourth-order valence-electron chi connectivity index (χ4n) is 2.50. The minimum atomic E-state index is 0.243. The predicted molar refractivity (Wildman–Crippen MR) is 94.1 cm³/mol. The van der Waals surface area contributed by atoms with Gasteiger partial charge in [-0.25, -0.2) is 0 Å². The fraction of sp³-hybridized carbons (Fsp3) is 0.105. The average Bonchev–Trinajstić information content (AvgIpc) is 3.13. The zero-order valence-corrected chi connectivity index (χ0v) is 13.4. The second-order valence-corrected chi connectivity index (χ2v) is 5.43. The minimum Gasteiger partial charge on any atom is -0.484 e. The van der Waals surface area contributed by atoms with E-state index in [4.69, 9.17) is 9.15 Å². The first kappa shape index (κ1) is 15.1. The average molecular weight is 332 g/mol. The van der Waals surface area contributed by atoms with Crippen LogP contribution in [0.4, 0.5) is 5.69 Å². The van der Waals surface area contributed by atoms with Gasteiger partial charge in [-0.15, -0.1) is 10.2 Å². The SMILES string of the molecule is c1ccc(OCc2nnc(CNc3cccc4cccnc34)o2)cc1. The summed E-state index contributed by atoms with van der Waals surface area (Å²) >= 11 is 0. The van der Waals surface area contributed by atoms with Crippen LogP contribution in [-0.2, 0) is 13.2 Å². The summed E-state index contributed by atoms with van der Waals surface area (Å²) in [6.45, 7) is 0.668. The van der Waals surface area contributed by atoms with Gasteiger partial charge < -0.3 is 14.5 Å². The summed E-state index contributed by atoms with van der Waals surface area (Å²) < 4.78 is 11.2. The van der Waals surface area contributed by atoms with E-state index < -0.39 is 0 Å². The number of hydrogen-bond donors (Lipinski definition) is 1. The molecule has 0 aliphatic carbocycles. The van der Waals surface area contributed by atoms with E-state index in [2.05, 4.69) is 20.5 Å². The van der Waals surface area contributed by atoms with E-state index in [0.29, 0.717) is 18.3 Å². The third-order valence-corrected chi connectivity index (χ3v) is 3.68. The number of hydrogen-bond acceptors (Lipinski definition) is 6. The summed E-state index contributed by atoms with van der Waals surface area (Å²) in [5.41, 5.74) is 1.84. The predicted octanol–water partition coefficient (Wildman–Crippen LogP) is 3.81. The maximum Gasteiger partial charge on any atom is 0.253 e. The summed E-state index contributed by atoms with van der Waals surface area (Å²) in [5, 5.41) is 12.4. The summed E-state index contributed by atoms with van der Waals surface area (Å²) in [6.07, 6.45) is 1.78. The third-order valence-electron chi connectivity index (χ3n) is 3.68. The number of fused-ring (bicyclic) bond motifs is 1. The lowest BCUT2D eigenvalue weighted by Gasteiger charge is -2.06. The van der Waals surface area contributed by atoms with Gasteiger partial charge in [-0.2, -0.15) is 0 Å². The molecule has 25 heavy (non-hydrogen) atoms. The molecule has 0 saturated heterocycles. The smallest absolute Gasteiger partial charge is 0.253 e. The summed E-state index contributed by atoms with van der Waals surface area (Å²) in [5.74, 6) is 1.71. The molecule has 124 valence electrons. The Bertz CT molecular complexity index is 964. The number of anilines is 1. The number of pyridine rings is 1. The van der Waals surface area contributed by atoms with Crippen LogP contribution >= 0.6 is 0 Å². The van der Waals surface area contributed by atoms with E-state index >= 15 is 0 Å². The van der Waals surface area contributed by atoms with E-state index in [0.717, 1.165) is 22.3 Å². The second kappa shape index (κ2) is 7.00. The van der Waals surface area contributed by atoms with Crippen LogP contribution in [0.15, 0.2) is 71.3 Å². The van der Waals surface area contributed by atoms with Crippen molar-refractivity contribution in [2.24, 2.45) is 0 Å². The van der Waals surface area contributed by atoms with Gasteiger partial charge in [0, 0.05) is 11.6 Å². The Kier molecular flexibility index (Phi) is 4.24. The monoisotopic (exact) mass is 332 g/mol. The van der Waals surface area contributed by atoms with Crippen LogP contribution < -0.4 is 10.1 Å². The van der Waals surface area contributed by atoms with Gasteiger partial charge in [0.1, 0.15) is 5.75 Å². The molecule has 0 radical (unpaired) electrons. The summed E-state index contributed by atoms with van der Waals surface area (Å²) in [6, 6.07) is 19.5. The molecular weight excluding hydrogens is 316 g/mol. The van der Waals surface area contributed by atoms with Crippen molar-refractivity contribution in [3.63, 3.8) is 0 Å². The molecule has 0 aliphatic heterocycles. The molecule has 0 fully saturated rings. The van der Waals surface area contributed by atoms with Gasteiger partial charge in [0.05, 0.1) is 17.7 Å². The molecule has 2 aromatic carbocycles. The normalized spacial score (nSPS) is 10.7. The zero-order valence-electron chi connectivity index (χ0n) is 13.4. The topological polar surface area (TPSA) is 73.1 Å². The van der Waals surface area contributed by atoms with Crippen molar-refractivity contribution in [1.82, 2.24) is 15.2 Å². The van der Waals surface area contributed by atoms with E-state index in [-0.39, 0.29) is 6.61 Å². The van der Waals surface area contributed by atoms with Crippen LogP contribution in [0.5, 0.6) is 5.75 Å². The molecule has 1 N–H and O–H groups in total. The third kappa shape index (κ3) is 3.58. The van der Waals surface area contributed by atoms with E-state index in [9.17, 15) is 0 Å². The Morgan fingerprint density at radius 2 is 1.72 bits per heavy atom. The Morgan fingerprint density at radius 1 is 0.880 bits per heavy atom. The molecule has 0 unspecified atom stereocenters. The lowest BCUT2D eigenvalue weighted by molar-refractivity contribution is 0.259. The number of rotatable bonds is 6. The molecule has 0 bridgehead atoms. The number of aromatic nitrogens is 3. The maximum atomic E-state index is 5.61. The summed E-state index contributed by atoms with van der Waals surface area (Å²) in [7, 11) is 0. The molecule has 0 amide bonds. The van der Waals surface area contributed by atoms with Crippen molar-refractivity contribution < 1.29 is 9.15 Å².